The van der Waals surface area contributed by atoms with E-state index in [1.165, 1.54) is 0 Å². The zero-order valence-electron chi connectivity index (χ0n) is 8.37. The van der Waals surface area contributed by atoms with E-state index in [1.807, 2.05) is 20.8 Å². The van der Waals surface area contributed by atoms with E-state index < -0.39 is 14.6 Å². The molecule has 8 heteroatoms. The van der Waals surface area contributed by atoms with Crippen LogP contribution in [-0.4, -0.2) is 19.8 Å². The summed E-state index contributed by atoms with van der Waals surface area (Å²) in [6, 6.07) is 0. The molecule has 0 N–H and O–H groups in total. The molecule has 0 aromatic rings. The molecule has 0 aromatic carbocycles. The molecule has 0 heterocycles. The summed E-state index contributed by atoms with van der Waals surface area (Å²) in [7, 11) is -1.06. The molecule has 0 bridgehead atoms. The lowest BCUT2D eigenvalue weighted by Gasteiger charge is -2.12. The largest absolute Gasteiger partial charge is 0.332 e. The van der Waals surface area contributed by atoms with E-state index in [1.54, 1.807) is 0 Å². The van der Waals surface area contributed by atoms with E-state index in [0.29, 0.717) is 19.8 Å². The average molecular weight is 303 g/mol. The highest BCUT2D eigenvalue weighted by atomic mass is 36.0. The molecule has 0 amide bonds. The maximum atomic E-state index is 5.14. The Kier molecular flexibility index (Phi) is 18.8. The van der Waals surface area contributed by atoms with Crippen molar-refractivity contribution in [1.82, 2.24) is 0 Å². The highest BCUT2D eigenvalue weighted by molar-refractivity contribution is 8.20. The van der Waals surface area contributed by atoms with Crippen LogP contribution in [0.3, 0.4) is 0 Å². The van der Waals surface area contributed by atoms with Crippen LogP contribution >= 0.6 is 48.3 Å². The van der Waals surface area contributed by atoms with Crippen molar-refractivity contribution in [2.24, 2.45) is 0 Å². The maximum Gasteiger partial charge on any atom is 0.332 e. The first kappa shape index (κ1) is 18.0. The van der Waals surface area contributed by atoms with Gasteiger partial charge in [0.1, 0.15) is 0 Å². The van der Waals surface area contributed by atoms with E-state index in [0.717, 1.165) is 0 Å². The summed E-state index contributed by atoms with van der Waals surface area (Å²) in [5.74, 6) is -1.20. The SMILES string of the molecule is CCOP(OCC)OCC.ClP(Cl)Cl. The van der Waals surface area contributed by atoms with Crippen LogP contribution in [0.4, 0.5) is 0 Å². The third kappa shape index (κ3) is 19.2. The minimum atomic E-state index is -1.20. The molecule has 0 aromatic heterocycles. The van der Waals surface area contributed by atoms with E-state index in [4.69, 9.17) is 47.3 Å². The third-order valence-corrected chi connectivity index (χ3v) is 2.11. The zero-order valence-corrected chi connectivity index (χ0v) is 12.4. The van der Waals surface area contributed by atoms with Crippen molar-refractivity contribution in [1.29, 1.82) is 0 Å². The van der Waals surface area contributed by atoms with E-state index in [2.05, 4.69) is 0 Å². The Labute approximate surface area is 102 Å². The minimum Gasteiger partial charge on any atom is -0.313 e. The summed E-state index contributed by atoms with van der Waals surface area (Å²) >= 11 is 14.6. The summed E-state index contributed by atoms with van der Waals surface area (Å²) < 4.78 is 15.4. The predicted molar refractivity (Wildman–Crippen MR) is 66.3 cm³/mol. The van der Waals surface area contributed by atoms with Gasteiger partial charge in [0.25, 0.3) is 0 Å². The molecule has 0 spiro atoms. The average Bonchev–Trinajstić information content (AvgIpc) is 2.04. The topological polar surface area (TPSA) is 27.7 Å². The second-order valence-electron chi connectivity index (χ2n) is 1.67. The molecule has 0 aliphatic rings. The smallest absolute Gasteiger partial charge is 0.313 e. The standard InChI is InChI=1S/C6H15O3P.Cl3P/c1-4-7-10(8-5-2)9-6-3;1-4(2)3/h4-6H2,1-3H3;. The molecule has 0 saturated heterocycles. The van der Waals surface area contributed by atoms with Crippen molar-refractivity contribution in [3.63, 3.8) is 0 Å². The Bertz CT molecular complexity index is 93.3. The van der Waals surface area contributed by atoms with Crippen LogP contribution in [0.15, 0.2) is 0 Å². The van der Waals surface area contributed by atoms with E-state index in [9.17, 15) is 0 Å². The van der Waals surface area contributed by atoms with Gasteiger partial charge in [0, 0.05) is 0 Å². The fourth-order valence-corrected chi connectivity index (χ4v) is 1.28. The Morgan fingerprint density at radius 1 is 0.786 bits per heavy atom. The molecule has 0 rings (SSSR count). The quantitative estimate of drug-likeness (QED) is 0.627. The lowest BCUT2D eigenvalue weighted by atomic mass is 10.9. The highest BCUT2D eigenvalue weighted by Crippen LogP contribution is 2.51. The fraction of sp³-hybridized carbons (Fsp3) is 1.00. The summed E-state index contributed by atoms with van der Waals surface area (Å²) in [4.78, 5) is 0. The van der Waals surface area contributed by atoms with Crippen LogP contribution < -0.4 is 0 Å². The van der Waals surface area contributed by atoms with Gasteiger partial charge in [-0.15, -0.1) is 0 Å². The molecule has 0 aliphatic carbocycles. The monoisotopic (exact) mass is 302 g/mol. The van der Waals surface area contributed by atoms with Crippen molar-refractivity contribution in [2.45, 2.75) is 20.8 Å². The fourth-order valence-electron chi connectivity index (χ4n) is 0.428. The predicted octanol–water partition coefficient (Wildman–Crippen LogP) is 5.25. The summed E-state index contributed by atoms with van der Waals surface area (Å²) in [6.07, 6.45) is 0. The lowest BCUT2D eigenvalue weighted by Crippen LogP contribution is -1.94. The van der Waals surface area contributed by atoms with Crippen LogP contribution in [0.5, 0.6) is 0 Å². The van der Waals surface area contributed by atoms with Gasteiger partial charge in [-0.25, -0.2) is 0 Å². The first-order valence-electron chi connectivity index (χ1n) is 4.04. The summed E-state index contributed by atoms with van der Waals surface area (Å²) in [6.45, 7) is 7.71. The van der Waals surface area contributed by atoms with E-state index >= 15 is 0 Å². The molecule has 0 aliphatic heterocycles. The first-order chi connectivity index (χ1) is 6.58. The minimum absolute atomic E-state index is 0.645. The zero-order chi connectivity index (χ0) is 11.4. The van der Waals surface area contributed by atoms with Crippen molar-refractivity contribution < 1.29 is 13.6 Å². The number of hydrogen-bond donors (Lipinski definition) is 0. The van der Waals surface area contributed by atoms with E-state index in [-0.39, 0.29) is 0 Å². The molecule has 0 saturated carbocycles. The lowest BCUT2D eigenvalue weighted by molar-refractivity contribution is 0.176. The molecule has 88 valence electrons. The van der Waals surface area contributed by atoms with Gasteiger partial charge in [-0.3, -0.25) is 0 Å². The van der Waals surface area contributed by atoms with Gasteiger partial charge < -0.3 is 13.6 Å². The second-order valence-corrected chi connectivity index (χ2v) is 7.87. The first-order valence-corrected chi connectivity index (χ1v) is 9.19. The second kappa shape index (κ2) is 14.6. The van der Waals surface area contributed by atoms with Crippen LogP contribution in [0.1, 0.15) is 20.8 Å². The van der Waals surface area contributed by atoms with Gasteiger partial charge in [-0.05, 0) is 20.8 Å². The molecule has 0 radical (unpaired) electrons. The molecule has 0 unspecified atom stereocenters. The van der Waals surface area contributed by atoms with Crippen LogP contribution in [0.25, 0.3) is 0 Å². The van der Waals surface area contributed by atoms with Gasteiger partial charge in [0.2, 0.25) is 0 Å². The molecule has 14 heavy (non-hydrogen) atoms. The summed E-state index contributed by atoms with van der Waals surface area (Å²) in [5.41, 5.74) is 0. The summed E-state index contributed by atoms with van der Waals surface area (Å²) in [5, 5.41) is 0. The Balaban J connectivity index is 0. The normalized spacial score (nSPS) is 10.3. The molecular formula is C6H15Cl3O3P2. The van der Waals surface area contributed by atoms with Crippen molar-refractivity contribution >= 4 is 48.3 Å². The Morgan fingerprint density at radius 3 is 1.14 bits per heavy atom. The van der Waals surface area contributed by atoms with Crippen molar-refractivity contribution in [3.8, 4) is 0 Å². The number of rotatable bonds is 6. The highest BCUT2D eigenvalue weighted by Gasteiger charge is 2.07. The molecular weight excluding hydrogens is 288 g/mol. The number of hydrogen-bond acceptors (Lipinski definition) is 3. The third-order valence-electron chi connectivity index (χ3n) is 0.704. The Morgan fingerprint density at radius 2 is 1.00 bits per heavy atom. The van der Waals surface area contributed by atoms with Crippen LogP contribution in [0.2, 0.25) is 0 Å². The maximum absolute atomic E-state index is 5.14. The van der Waals surface area contributed by atoms with Crippen LogP contribution in [0, 0.1) is 0 Å². The van der Waals surface area contributed by atoms with Gasteiger partial charge in [0.05, 0.1) is 19.8 Å². The van der Waals surface area contributed by atoms with Crippen molar-refractivity contribution in [3.05, 3.63) is 0 Å². The van der Waals surface area contributed by atoms with Gasteiger partial charge in [0.15, 0.2) is 5.98 Å². The van der Waals surface area contributed by atoms with Gasteiger partial charge in [-0.2, -0.15) is 0 Å². The van der Waals surface area contributed by atoms with Crippen molar-refractivity contribution in [2.75, 3.05) is 19.8 Å². The van der Waals surface area contributed by atoms with Crippen LogP contribution in [-0.2, 0) is 13.6 Å². The molecule has 0 atom stereocenters. The molecule has 0 fully saturated rings. The number of halogens is 3. The molecule has 3 nitrogen and oxygen atoms in total. The van der Waals surface area contributed by atoms with Gasteiger partial charge >= 0.3 is 8.60 Å². The van der Waals surface area contributed by atoms with Gasteiger partial charge in [-0.1, -0.05) is 33.7 Å². The Hall–Kier alpha value is 1.61.